The highest BCUT2D eigenvalue weighted by atomic mass is 35.5. The number of thiazole rings is 1. The Morgan fingerprint density at radius 1 is 1.36 bits per heavy atom. The summed E-state index contributed by atoms with van der Waals surface area (Å²) >= 11 is 7.53. The monoisotopic (exact) mass is 359 g/mol. The molecule has 22 heavy (non-hydrogen) atoms. The van der Waals surface area contributed by atoms with E-state index in [1.807, 2.05) is 6.92 Å². The van der Waals surface area contributed by atoms with Crippen LogP contribution in [0, 0.1) is 6.92 Å². The summed E-state index contributed by atoms with van der Waals surface area (Å²) in [7, 11) is 0. The van der Waals surface area contributed by atoms with Crippen LogP contribution >= 0.6 is 35.3 Å². The van der Waals surface area contributed by atoms with Gasteiger partial charge in [-0.1, -0.05) is 23.7 Å². The van der Waals surface area contributed by atoms with E-state index in [1.54, 1.807) is 24.3 Å². The number of anilines is 1. The van der Waals surface area contributed by atoms with Crippen molar-refractivity contribution in [2.75, 3.05) is 11.9 Å². The lowest BCUT2D eigenvalue weighted by atomic mass is 10.2. The Morgan fingerprint density at radius 3 is 2.77 bits per heavy atom. The summed E-state index contributed by atoms with van der Waals surface area (Å²) < 4.78 is 0. The Labute approximate surface area is 145 Å². The van der Waals surface area contributed by atoms with Gasteiger partial charge in [0.1, 0.15) is 0 Å². The minimum Gasteiger partial charge on any atom is -0.330 e. The first-order chi connectivity index (χ1) is 10.1. The van der Waals surface area contributed by atoms with Crippen LogP contribution in [-0.2, 0) is 6.42 Å². The second-order valence-corrected chi connectivity index (χ2v) is 6.20. The first kappa shape index (κ1) is 18.9. The highest BCUT2D eigenvalue weighted by Crippen LogP contribution is 2.25. The van der Waals surface area contributed by atoms with Crippen molar-refractivity contribution >= 4 is 46.4 Å². The summed E-state index contributed by atoms with van der Waals surface area (Å²) in [5.74, 6) is -0.233. The number of hydrogen-bond acceptors (Lipinski definition) is 4. The molecule has 3 N–H and O–H groups in total. The quantitative estimate of drug-likeness (QED) is 0.764. The van der Waals surface area contributed by atoms with Gasteiger partial charge in [-0.15, -0.1) is 23.7 Å². The molecule has 0 aliphatic carbocycles. The number of hydrogen-bond donors (Lipinski definition) is 2. The molecule has 1 aromatic heterocycles. The van der Waals surface area contributed by atoms with Crippen molar-refractivity contribution in [3.8, 4) is 0 Å². The smallest absolute Gasteiger partial charge is 0.258 e. The third-order valence-electron chi connectivity index (χ3n) is 3.09. The lowest BCUT2D eigenvalue weighted by Gasteiger charge is -2.03. The highest BCUT2D eigenvalue weighted by Gasteiger charge is 2.13. The maximum Gasteiger partial charge on any atom is 0.258 e. The van der Waals surface area contributed by atoms with Gasteiger partial charge in [0, 0.05) is 4.88 Å². The Morgan fingerprint density at radius 2 is 2.09 bits per heavy atom. The van der Waals surface area contributed by atoms with Crippen LogP contribution in [-0.4, -0.2) is 17.4 Å². The molecule has 0 aliphatic rings. The fourth-order valence-electron chi connectivity index (χ4n) is 1.95. The molecule has 1 aromatic carbocycles. The number of halogens is 2. The molecular weight excluding hydrogens is 341 g/mol. The lowest BCUT2D eigenvalue weighted by Crippen LogP contribution is -2.12. The predicted octanol–water partition coefficient (Wildman–Crippen LogP) is 4.06. The summed E-state index contributed by atoms with van der Waals surface area (Å²) in [5.41, 5.74) is 6.92. The lowest BCUT2D eigenvalue weighted by molar-refractivity contribution is 0.102. The molecule has 1 amide bonds. The number of benzene rings is 1. The number of rotatable bonds is 6. The zero-order chi connectivity index (χ0) is 15.2. The Kier molecular flexibility index (Phi) is 7.82. The molecule has 120 valence electrons. The van der Waals surface area contributed by atoms with Crippen LogP contribution in [0.4, 0.5) is 5.13 Å². The largest absolute Gasteiger partial charge is 0.330 e. The van der Waals surface area contributed by atoms with Crippen molar-refractivity contribution in [3.05, 3.63) is 45.4 Å². The van der Waals surface area contributed by atoms with Gasteiger partial charge in [0.2, 0.25) is 0 Å². The first-order valence-corrected chi connectivity index (χ1v) is 8.03. The minimum absolute atomic E-state index is 0. The van der Waals surface area contributed by atoms with E-state index >= 15 is 0 Å². The van der Waals surface area contributed by atoms with Crippen molar-refractivity contribution in [2.45, 2.75) is 26.2 Å². The van der Waals surface area contributed by atoms with Gasteiger partial charge >= 0.3 is 0 Å². The number of carbonyl (C=O) groups excluding carboxylic acids is 1. The van der Waals surface area contributed by atoms with Crippen molar-refractivity contribution in [1.29, 1.82) is 0 Å². The third-order valence-corrected chi connectivity index (χ3v) is 4.55. The molecule has 0 saturated heterocycles. The molecule has 0 saturated carbocycles. The van der Waals surface area contributed by atoms with Crippen LogP contribution in [0.5, 0.6) is 0 Å². The van der Waals surface area contributed by atoms with E-state index in [4.69, 9.17) is 17.3 Å². The van der Waals surface area contributed by atoms with Crippen molar-refractivity contribution in [2.24, 2.45) is 5.73 Å². The van der Waals surface area contributed by atoms with E-state index in [9.17, 15) is 4.79 Å². The van der Waals surface area contributed by atoms with Gasteiger partial charge in [-0.3, -0.25) is 10.1 Å². The Hall–Kier alpha value is -1.14. The molecule has 4 nitrogen and oxygen atoms in total. The topological polar surface area (TPSA) is 68.0 Å². The molecule has 0 atom stereocenters. The highest BCUT2D eigenvalue weighted by molar-refractivity contribution is 7.15. The van der Waals surface area contributed by atoms with Gasteiger partial charge in [0.05, 0.1) is 16.3 Å². The number of carbonyl (C=O) groups is 1. The number of nitrogens with one attached hydrogen (secondary N) is 1. The number of aryl methyl sites for hydroxylation is 2. The van der Waals surface area contributed by atoms with Gasteiger partial charge in [-0.2, -0.15) is 0 Å². The van der Waals surface area contributed by atoms with E-state index < -0.39 is 0 Å². The maximum atomic E-state index is 12.2. The standard InChI is InChI=1S/C15H18ClN3OS.ClH/c1-10-13(8-4-5-9-17)21-15(18-10)19-14(20)11-6-2-3-7-12(11)16;/h2-3,6-7H,4-5,8-9,17H2,1H3,(H,18,19,20);1H. The fraction of sp³-hybridized carbons (Fsp3) is 0.333. The second-order valence-electron chi connectivity index (χ2n) is 4.71. The zero-order valence-electron chi connectivity index (χ0n) is 12.3. The SMILES string of the molecule is Cc1nc(NC(=O)c2ccccc2Cl)sc1CCCCN.Cl. The van der Waals surface area contributed by atoms with E-state index in [2.05, 4.69) is 10.3 Å². The van der Waals surface area contributed by atoms with Gasteiger partial charge in [-0.05, 0) is 44.9 Å². The second kappa shape index (κ2) is 9.10. The van der Waals surface area contributed by atoms with Crippen LogP contribution in [0.15, 0.2) is 24.3 Å². The van der Waals surface area contributed by atoms with Gasteiger partial charge in [0.15, 0.2) is 5.13 Å². The molecule has 0 spiro atoms. The van der Waals surface area contributed by atoms with E-state index in [1.165, 1.54) is 16.2 Å². The average Bonchev–Trinajstić information content (AvgIpc) is 2.79. The van der Waals surface area contributed by atoms with E-state index in [-0.39, 0.29) is 18.3 Å². The summed E-state index contributed by atoms with van der Waals surface area (Å²) in [6, 6.07) is 6.97. The van der Waals surface area contributed by atoms with Gasteiger partial charge in [0.25, 0.3) is 5.91 Å². The van der Waals surface area contributed by atoms with Crippen molar-refractivity contribution in [1.82, 2.24) is 4.98 Å². The van der Waals surface area contributed by atoms with Crippen LogP contribution in [0.3, 0.4) is 0 Å². The number of amides is 1. The van der Waals surface area contributed by atoms with E-state index in [0.29, 0.717) is 22.3 Å². The summed E-state index contributed by atoms with van der Waals surface area (Å²) in [6.07, 6.45) is 2.98. The van der Waals surface area contributed by atoms with Gasteiger partial charge in [-0.25, -0.2) is 4.98 Å². The van der Waals surface area contributed by atoms with Gasteiger partial charge < -0.3 is 5.73 Å². The number of aromatic nitrogens is 1. The molecule has 7 heteroatoms. The fourth-order valence-corrected chi connectivity index (χ4v) is 3.17. The molecule has 2 rings (SSSR count). The normalized spacial score (nSPS) is 10.1. The first-order valence-electron chi connectivity index (χ1n) is 6.84. The van der Waals surface area contributed by atoms with Crippen molar-refractivity contribution < 1.29 is 4.79 Å². The average molecular weight is 360 g/mol. The molecular formula is C15H19Cl2N3OS. The van der Waals surface area contributed by atoms with Crippen LogP contribution < -0.4 is 11.1 Å². The molecule has 1 heterocycles. The maximum absolute atomic E-state index is 12.2. The minimum atomic E-state index is -0.233. The molecule has 0 bridgehead atoms. The summed E-state index contributed by atoms with van der Waals surface area (Å²) in [5, 5.41) is 3.86. The predicted molar refractivity (Wildman–Crippen MR) is 95.5 cm³/mol. The Balaban J connectivity index is 0.00000242. The van der Waals surface area contributed by atoms with E-state index in [0.717, 1.165) is 25.0 Å². The molecule has 0 radical (unpaired) electrons. The summed E-state index contributed by atoms with van der Waals surface area (Å²) in [4.78, 5) is 17.8. The van der Waals surface area contributed by atoms with Crippen LogP contribution in [0.2, 0.25) is 5.02 Å². The summed E-state index contributed by atoms with van der Waals surface area (Å²) in [6.45, 7) is 2.66. The number of nitrogens with zero attached hydrogens (tertiary/aromatic N) is 1. The molecule has 0 unspecified atom stereocenters. The number of nitrogens with two attached hydrogens (primary N) is 1. The number of unbranched alkanes of at least 4 members (excludes halogenated alkanes) is 1. The molecule has 0 aliphatic heterocycles. The zero-order valence-corrected chi connectivity index (χ0v) is 14.7. The Bertz CT molecular complexity index is 631. The molecule has 0 fully saturated rings. The molecule has 2 aromatic rings. The van der Waals surface area contributed by atoms with Crippen molar-refractivity contribution in [3.63, 3.8) is 0 Å². The van der Waals surface area contributed by atoms with Crippen LogP contribution in [0.25, 0.3) is 0 Å². The van der Waals surface area contributed by atoms with Crippen LogP contribution in [0.1, 0.15) is 33.8 Å². The third kappa shape index (κ3) is 4.95.